The molecule has 0 bridgehead atoms. The number of nitrogens with zero attached hydrogens (tertiary/aromatic N) is 3. The van der Waals surface area contributed by atoms with Crippen LogP contribution in [0.5, 0.6) is 0 Å². The highest BCUT2D eigenvalue weighted by Crippen LogP contribution is 2.32. The molecule has 1 unspecified atom stereocenters. The summed E-state index contributed by atoms with van der Waals surface area (Å²) >= 11 is 0. The van der Waals surface area contributed by atoms with Gasteiger partial charge >= 0.3 is 0 Å². The quantitative estimate of drug-likeness (QED) is 0.929. The van der Waals surface area contributed by atoms with Crippen LogP contribution in [0.15, 0.2) is 24.4 Å². The Morgan fingerprint density at radius 1 is 1.08 bits per heavy atom. The number of fused-ring (bicyclic) bond motifs is 1. The molecular formula is C21H30N4. The second-order valence-electron chi connectivity index (χ2n) is 7.92. The van der Waals surface area contributed by atoms with Gasteiger partial charge in [-0.15, -0.1) is 0 Å². The average molecular weight is 338 g/mol. The maximum atomic E-state index is 4.76. The lowest BCUT2D eigenvalue weighted by Gasteiger charge is -2.34. The van der Waals surface area contributed by atoms with Crippen LogP contribution in [0.4, 0.5) is 0 Å². The molecule has 0 amide bonds. The first kappa shape index (κ1) is 16.8. The molecule has 4 rings (SSSR count). The van der Waals surface area contributed by atoms with Crippen LogP contribution in [-0.4, -0.2) is 40.9 Å². The van der Waals surface area contributed by atoms with Gasteiger partial charge in [-0.05, 0) is 89.3 Å². The number of rotatable bonds is 3. The number of aromatic nitrogens is 2. The predicted molar refractivity (Wildman–Crippen MR) is 102 cm³/mol. The van der Waals surface area contributed by atoms with Crippen LogP contribution < -0.4 is 5.32 Å². The molecular weight excluding hydrogens is 308 g/mol. The van der Waals surface area contributed by atoms with E-state index < -0.39 is 0 Å². The molecule has 1 atom stereocenters. The molecule has 1 saturated heterocycles. The van der Waals surface area contributed by atoms with Crippen LogP contribution in [0.1, 0.15) is 54.1 Å². The van der Waals surface area contributed by atoms with E-state index in [2.05, 4.69) is 60.2 Å². The summed E-state index contributed by atoms with van der Waals surface area (Å²) in [7, 11) is 2.22. The molecule has 2 heterocycles. The van der Waals surface area contributed by atoms with Gasteiger partial charge in [0.05, 0.1) is 11.9 Å². The van der Waals surface area contributed by atoms with Gasteiger partial charge in [0.2, 0.25) is 0 Å². The summed E-state index contributed by atoms with van der Waals surface area (Å²) in [6.07, 6.45) is 8.23. The number of hydrogen-bond acceptors (Lipinski definition) is 3. The maximum Gasteiger partial charge on any atom is 0.0651 e. The van der Waals surface area contributed by atoms with Crippen molar-refractivity contribution in [3.63, 3.8) is 0 Å². The lowest BCUT2D eigenvalue weighted by molar-refractivity contribution is 0.220. The summed E-state index contributed by atoms with van der Waals surface area (Å²) in [6, 6.07) is 7.78. The standard InChI is InChI=1S/C21H30N4/c1-15-7-8-18(13-16(15)2)25-21-6-4-5-20(19(21)14-22-25)23-17-9-11-24(3)12-10-17/h7-8,13-14,17,20,23H,4-6,9-12H2,1-3H3. The monoisotopic (exact) mass is 338 g/mol. The summed E-state index contributed by atoms with van der Waals surface area (Å²) in [4.78, 5) is 2.43. The minimum Gasteiger partial charge on any atom is -0.307 e. The molecule has 2 aromatic rings. The molecule has 1 aromatic heterocycles. The Labute approximate surface area is 151 Å². The molecule has 1 aliphatic heterocycles. The summed E-state index contributed by atoms with van der Waals surface area (Å²) in [5.41, 5.74) is 6.69. The smallest absolute Gasteiger partial charge is 0.0651 e. The van der Waals surface area contributed by atoms with Gasteiger partial charge in [-0.25, -0.2) is 4.68 Å². The van der Waals surface area contributed by atoms with Crippen molar-refractivity contribution in [2.24, 2.45) is 0 Å². The van der Waals surface area contributed by atoms with Gasteiger partial charge in [0.15, 0.2) is 0 Å². The summed E-state index contributed by atoms with van der Waals surface area (Å²) < 4.78 is 2.17. The zero-order valence-corrected chi connectivity index (χ0v) is 15.8. The number of likely N-dealkylation sites (tertiary alicyclic amines) is 1. The van der Waals surface area contributed by atoms with E-state index in [1.165, 1.54) is 66.8 Å². The van der Waals surface area contributed by atoms with E-state index in [4.69, 9.17) is 5.10 Å². The molecule has 1 N–H and O–H groups in total. The van der Waals surface area contributed by atoms with Crippen LogP contribution >= 0.6 is 0 Å². The number of aryl methyl sites for hydroxylation is 2. The molecule has 4 nitrogen and oxygen atoms in total. The van der Waals surface area contributed by atoms with Crippen molar-refractivity contribution in [3.05, 3.63) is 46.8 Å². The lowest BCUT2D eigenvalue weighted by atomic mass is 9.91. The molecule has 0 spiro atoms. The third kappa shape index (κ3) is 3.38. The highest BCUT2D eigenvalue weighted by molar-refractivity contribution is 5.42. The van der Waals surface area contributed by atoms with Crippen LogP contribution in [0, 0.1) is 13.8 Å². The third-order valence-electron chi connectivity index (χ3n) is 6.07. The van der Waals surface area contributed by atoms with Gasteiger partial charge in [0, 0.05) is 23.3 Å². The van der Waals surface area contributed by atoms with E-state index in [-0.39, 0.29) is 0 Å². The second kappa shape index (κ2) is 6.93. The maximum absolute atomic E-state index is 4.76. The van der Waals surface area contributed by atoms with E-state index in [0.717, 1.165) is 6.42 Å². The van der Waals surface area contributed by atoms with Gasteiger partial charge in [0.1, 0.15) is 0 Å². The predicted octanol–water partition coefficient (Wildman–Crippen LogP) is 3.55. The van der Waals surface area contributed by atoms with E-state index >= 15 is 0 Å². The van der Waals surface area contributed by atoms with E-state index in [1.807, 2.05) is 0 Å². The lowest BCUT2D eigenvalue weighted by Crippen LogP contribution is -2.42. The minimum absolute atomic E-state index is 0.470. The highest BCUT2D eigenvalue weighted by atomic mass is 15.3. The number of nitrogens with one attached hydrogen (secondary N) is 1. The molecule has 25 heavy (non-hydrogen) atoms. The fourth-order valence-electron chi connectivity index (χ4n) is 4.27. The average Bonchev–Trinajstić information content (AvgIpc) is 3.04. The van der Waals surface area contributed by atoms with Gasteiger partial charge in [-0.2, -0.15) is 5.10 Å². The molecule has 1 aliphatic carbocycles. The number of benzene rings is 1. The summed E-state index contributed by atoms with van der Waals surface area (Å²) in [5.74, 6) is 0. The molecule has 1 fully saturated rings. The van der Waals surface area contributed by atoms with E-state index in [0.29, 0.717) is 12.1 Å². The van der Waals surface area contributed by atoms with Crippen molar-refractivity contribution in [1.82, 2.24) is 20.0 Å². The van der Waals surface area contributed by atoms with Crippen molar-refractivity contribution in [2.45, 2.75) is 58.0 Å². The van der Waals surface area contributed by atoms with Crippen LogP contribution in [0.2, 0.25) is 0 Å². The van der Waals surface area contributed by atoms with Crippen molar-refractivity contribution >= 4 is 0 Å². The van der Waals surface area contributed by atoms with Crippen LogP contribution in [0.3, 0.4) is 0 Å². The zero-order chi connectivity index (χ0) is 17.4. The molecule has 2 aliphatic rings. The Kier molecular flexibility index (Phi) is 4.65. The molecule has 4 heteroatoms. The van der Waals surface area contributed by atoms with Gasteiger partial charge in [-0.1, -0.05) is 6.07 Å². The molecule has 0 radical (unpaired) electrons. The van der Waals surface area contributed by atoms with Gasteiger partial charge in [0.25, 0.3) is 0 Å². The van der Waals surface area contributed by atoms with Crippen molar-refractivity contribution in [2.75, 3.05) is 20.1 Å². The Bertz CT molecular complexity index is 740. The first-order valence-corrected chi connectivity index (χ1v) is 9.71. The molecule has 0 saturated carbocycles. The van der Waals surface area contributed by atoms with E-state index in [1.54, 1.807) is 0 Å². The topological polar surface area (TPSA) is 33.1 Å². The normalized spacial score (nSPS) is 22.1. The third-order valence-corrected chi connectivity index (χ3v) is 6.07. The minimum atomic E-state index is 0.470. The first-order chi connectivity index (χ1) is 12.1. The number of hydrogen-bond donors (Lipinski definition) is 1. The Morgan fingerprint density at radius 2 is 1.88 bits per heavy atom. The Hall–Kier alpha value is -1.65. The van der Waals surface area contributed by atoms with Gasteiger partial charge < -0.3 is 10.2 Å². The Morgan fingerprint density at radius 3 is 2.64 bits per heavy atom. The van der Waals surface area contributed by atoms with Crippen LogP contribution in [0.25, 0.3) is 5.69 Å². The SMILES string of the molecule is Cc1ccc(-n2ncc3c2CCCC3NC2CCN(C)CC2)cc1C. The second-order valence-corrected chi connectivity index (χ2v) is 7.92. The van der Waals surface area contributed by atoms with E-state index in [9.17, 15) is 0 Å². The fraction of sp³-hybridized carbons (Fsp3) is 0.571. The first-order valence-electron chi connectivity index (χ1n) is 9.71. The molecule has 1 aromatic carbocycles. The van der Waals surface area contributed by atoms with Crippen molar-refractivity contribution < 1.29 is 0 Å². The van der Waals surface area contributed by atoms with Crippen molar-refractivity contribution in [3.8, 4) is 5.69 Å². The van der Waals surface area contributed by atoms with Gasteiger partial charge in [-0.3, -0.25) is 0 Å². The number of piperidine rings is 1. The van der Waals surface area contributed by atoms with Crippen molar-refractivity contribution in [1.29, 1.82) is 0 Å². The zero-order valence-electron chi connectivity index (χ0n) is 15.8. The highest BCUT2D eigenvalue weighted by Gasteiger charge is 2.27. The fourth-order valence-corrected chi connectivity index (χ4v) is 4.27. The Balaban J connectivity index is 1.56. The molecule has 134 valence electrons. The summed E-state index contributed by atoms with van der Waals surface area (Å²) in [5, 5.41) is 8.70. The summed E-state index contributed by atoms with van der Waals surface area (Å²) in [6.45, 7) is 6.76. The largest absolute Gasteiger partial charge is 0.307 e. The van der Waals surface area contributed by atoms with Crippen LogP contribution in [-0.2, 0) is 6.42 Å².